The highest BCUT2D eigenvalue weighted by molar-refractivity contribution is 14.1. The van der Waals surface area contributed by atoms with Gasteiger partial charge in [-0.05, 0) is 128 Å². The van der Waals surface area contributed by atoms with Crippen LogP contribution in [0.3, 0.4) is 0 Å². The monoisotopic (exact) mass is 657 g/mol. The van der Waals surface area contributed by atoms with E-state index in [1.807, 2.05) is 52.8 Å². The lowest BCUT2D eigenvalue weighted by molar-refractivity contribution is 0.102. The number of aromatic nitrogens is 1. The molecule has 2 heterocycles. The third-order valence-electron chi connectivity index (χ3n) is 7.41. The predicted octanol–water partition coefficient (Wildman–Crippen LogP) is 9.17. The van der Waals surface area contributed by atoms with Crippen LogP contribution in [0, 0.1) is 45.1 Å². The average molecular weight is 658 g/mol. The summed E-state index contributed by atoms with van der Waals surface area (Å²) in [5.74, 6) is -0.0826. The Morgan fingerprint density at radius 3 is 1.75 bits per heavy atom. The summed E-state index contributed by atoms with van der Waals surface area (Å²) < 4.78 is 1.15. The van der Waals surface area contributed by atoms with Gasteiger partial charge in [0.15, 0.2) is 0 Å². The van der Waals surface area contributed by atoms with E-state index in [4.69, 9.17) is 0 Å². The molecule has 3 aromatic carbocycles. The number of benzene rings is 3. The van der Waals surface area contributed by atoms with Crippen LogP contribution in [-0.4, -0.2) is 16.6 Å². The third kappa shape index (κ3) is 5.50. The standard InChI is InChI=1S/C35H32INO2S/c1-19-15-21(3)31(22(4)16-19)34(38)28-12-11-27(37-28)33(25-7-9-26(36)10-8-25)29-13-14-30(40-29)35(39)32-23(5)17-20(2)18-24(32)6/h7-18,33,37H,1-6H3. The number of rotatable bonds is 7. The maximum Gasteiger partial charge on any atom is 0.209 e. The SMILES string of the molecule is Cc1cc(C)c(C(=O)c2ccc(C(c3ccc(I)cc3)c3ccc(C(=O)c4c(C)cc(C)cc4C)s3)[nH]2)c(C)c1. The Morgan fingerprint density at radius 2 is 1.20 bits per heavy atom. The van der Waals surface area contributed by atoms with Crippen molar-refractivity contribution in [1.29, 1.82) is 0 Å². The summed E-state index contributed by atoms with van der Waals surface area (Å²) in [6.45, 7) is 12.1. The molecule has 0 spiro atoms. The molecule has 5 heteroatoms. The van der Waals surface area contributed by atoms with Crippen molar-refractivity contribution in [2.45, 2.75) is 47.5 Å². The minimum absolute atomic E-state index is 0.00465. The van der Waals surface area contributed by atoms with Gasteiger partial charge in [0.25, 0.3) is 0 Å². The highest BCUT2D eigenvalue weighted by Gasteiger charge is 2.25. The van der Waals surface area contributed by atoms with Gasteiger partial charge in [-0.3, -0.25) is 9.59 Å². The number of carbonyl (C=O) groups excluding carboxylic acids is 2. The molecule has 3 nitrogen and oxygen atoms in total. The Kier molecular flexibility index (Phi) is 7.98. The van der Waals surface area contributed by atoms with Crippen LogP contribution in [0.25, 0.3) is 0 Å². The number of hydrogen-bond acceptors (Lipinski definition) is 3. The molecule has 0 radical (unpaired) electrons. The van der Waals surface area contributed by atoms with Gasteiger partial charge in [0.2, 0.25) is 11.6 Å². The zero-order valence-electron chi connectivity index (χ0n) is 23.6. The maximum atomic E-state index is 13.6. The quantitative estimate of drug-likeness (QED) is 0.140. The van der Waals surface area contributed by atoms with Gasteiger partial charge >= 0.3 is 0 Å². The van der Waals surface area contributed by atoms with Crippen molar-refractivity contribution >= 4 is 45.5 Å². The van der Waals surface area contributed by atoms with Crippen LogP contribution in [0.15, 0.2) is 72.8 Å². The van der Waals surface area contributed by atoms with Gasteiger partial charge in [0, 0.05) is 25.3 Å². The minimum atomic E-state index is -0.134. The second kappa shape index (κ2) is 11.3. The fourth-order valence-corrected chi connectivity index (χ4v) is 7.29. The van der Waals surface area contributed by atoms with Gasteiger partial charge in [0.1, 0.15) is 0 Å². The molecule has 0 fully saturated rings. The number of hydrogen-bond donors (Lipinski definition) is 1. The van der Waals surface area contributed by atoms with Crippen LogP contribution in [0.1, 0.15) is 86.7 Å². The van der Waals surface area contributed by atoms with Gasteiger partial charge in [-0.2, -0.15) is 0 Å². The molecule has 0 saturated heterocycles. The Hall–Kier alpha value is -3.29. The largest absolute Gasteiger partial charge is 0.355 e. The van der Waals surface area contributed by atoms with E-state index in [0.29, 0.717) is 10.6 Å². The van der Waals surface area contributed by atoms with Crippen LogP contribution in [-0.2, 0) is 0 Å². The Bertz CT molecular complexity index is 1600. The molecule has 0 aliphatic heterocycles. The first-order valence-corrected chi connectivity index (χ1v) is 15.2. The number of ketones is 2. The number of halogens is 1. The number of aryl methyl sites for hydroxylation is 6. The summed E-state index contributed by atoms with van der Waals surface area (Å²) in [5, 5.41) is 0. The topological polar surface area (TPSA) is 49.9 Å². The number of nitrogens with one attached hydrogen (secondary N) is 1. The highest BCUT2D eigenvalue weighted by Crippen LogP contribution is 2.37. The summed E-state index contributed by atoms with van der Waals surface area (Å²) in [4.78, 5) is 32.5. The predicted molar refractivity (Wildman–Crippen MR) is 173 cm³/mol. The Morgan fingerprint density at radius 1 is 0.675 bits per heavy atom. The molecule has 202 valence electrons. The first-order chi connectivity index (χ1) is 19.0. The first kappa shape index (κ1) is 28.2. The van der Waals surface area contributed by atoms with Gasteiger partial charge in [-0.15, -0.1) is 11.3 Å². The lowest BCUT2D eigenvalue weighted by atomic mass is 9.94. The zero-order valence-corrected chi connectivity index (χ0v) is 26.6. The van der Waals surface area contributed by atoms with Gasteiger partial charge < -0.3 is 4.98 Å². The van der Waals surface area contributed by atoms with Crippen molar-refractivity contribution < 1.29 is 9.59 Å². The van der Waals surface area contributed by atoms with Crippen LogP contribution >= 0.6 is 33.9 Å². The van der Waals surface area contributed by atoms with E-state index >= 15 is 0 Å². The van der Waals surface area contributed by atoms with E-state index in [1.54, 1.807) is 0 Å². The average Bonchev–Trinajstić information content (AvgIpc) is 3.55. The lowest BCUT2D eigenvalue weighted by Crippen LogP contribution is -2.08. The molecule has 0 aliphatic rings. The fraction of sp³-hybridized carbons (Fsp3) is 0.200. The normalized spacial score (nSPS) is 12.0. The van der Waals surface area contributed by atoms with E-state index in [0.717, 1.165) is 64.2 Å². The third-order valence-corrected chi connectivity index (χ3v) is 9.28. The van der Waals surface area contributed by atoms with Crippen LogP contribution < -0.4 is 0 Å². The van der Waals surface area contributed by atoms with Crippen molar-refractivity contribution in [2.24, 2.45) is 0 Å². The fourth-order valence-electron chi connectivity index (χ4n) is 5.83. The number of thiophene rings is 1. The summed E-state index contributed by atoms with van der Waals surface area (Å²) in [6, 6.07) is 24.6. The molecule has 2 aromatic heterocycles. The van der Waals surface area contributed by atoms with Crippen molar-refractivity contribution in [3.8, 4) is 0 Å². The van der Waals surface area contributed by atoms with E-state index in [1.165, 1.54) is 11.3 Å². The van der Waals surface area contributed by atoms with Crippen molar-refractivity contribution in [3.05, 3.63) is 148 Å². The first-order valence-electron chi connectivity index (χ1n) is 13.3. The molecule has 0 saturated carbocycles. The van der Waals surface area contributed by atoms with Crippen molar-refractivity contribution in [3.63, 3.8) is 0 Å². The molecule has 1 N–H and O–H groups in total. The summed E-state index contributed by atoms with van der Waals surface area (Å²) >= 11 is 3.83. The summed E-state index contributed by atoms with van der Waals surface area (Å²) in [7, 11) is 0. The maximum absolute atomic E-state index is 13.6. The number of aromatic amines is 1. The lowest BCUT2D eigenvalue weighted by Gasteiger charge is -2.16. The van der Waals surface area contributed by atoms with E-state index < -0.39 is 0 Å². The molecule has 0 aliphatic carbocycles. The molecule has 1 atom stereocenters. The van der Waals surface area contributed by atoms with Crippen molar-refractivity contribution in [2.75, 3.05) is 0 Å². The van der Waals surface area contributed by atoms with E-state index in [-0.39, 0.29) is 17.5 Å². The van der Waals surface area contributed by atoms with Gasteiger partial charge in [0.05, 0.1) is 16.5 Å². The number of carbonyl (C=O) groups is 2. The van der Waals surface area contributed by atoms with Gasteiger partial charge in [-0.25, -0.2) is 0 Å². The second-order valence-corrected chi connectivity index (χ2v) is 13.1. The van der Waals surface area contributed by atoms with Crippen LogP contribution in [0.5, 0.6) is 0 Å². The van der Waals surface area contributed by atoms with Gasteiger partial charge in [-0.1, -0.05) is 47.5 Å². The molecule has 5 rings (SSSR count). The van der Waals surface area contributed by atoms with E-state index in [2.05, 4.69) is 89.1 Å². The zero-order chi connectivity index (χ0) is 28.7. The van der Waals surface area contributed by atoms with Crippen LogP contribution in [0.4, 0.5) is 0 Å². The van der Waals surface area contributed by atoms with Crippen molar-refractivity contribution in [1.82, 2.24) is 4.98 Å². The molecule has 0 bridgehead atoms. The molecule has 40 heavy (non-hydrogen) atoms. The summed E-state index contributed by atoms with van der Waals surface area (Å²) in [5.41, 5.74) is 10.4. The number of H-pyrrole nitrogens is 1. The smallest absolute Gasteiger partial charge is 0.209 e. The molecular weight excluding hydrogens is 625 g/mol. The summed E-state index contributed by atoms with van der Waals surface area (Å²) in [6.07, 6.45) is 0. The highest BCUT2D eigenvalue weighted by atomic mass is 127. The Balaban J connectivity index is 1.55. The molecule has 0 amide bonds. The second-order valence-electron chi connectivity index (χ2n) is 10.7. The van der Waals surface area contributed by atoms with Crippen LogP contribution in [0.2, 0.25) is 0 Å². The molecule has 1 unspecified atom stereocenters. The van der Waals surface area contributed by atoms with E-state index in [9.17, 15) is 9.59 Å². The molecular formula is C35H32INO2S. The molecule has 5 aromatic rings. The Labute approximate surface area is 253 Å². The minimum Gasteiger partial charge on any atom is -0.355 e.